The van der Waals surface area contributed by atoms with Crippen LogP contribution < -0.4 is 5.32 Å². The number of alkyl halides is 3. The average molecular weight is 278 g/mol. The molecule has 0 amide bonds. The van der Waals surface area contributed by atoms with Crippen LogP contribution in [0.2, 0.25) is 0 Å². The van der Waals surface area contributed by atoms with E-state index in [1.165, 1.54) is 11.3 Å². The minimum Gasteiger partial charge on any atom is -0.315 e. The van der Waals surface area contributed by atoms with Crippen molar-refractivity contribution in [2.75, 3.05) is 7.05 Å². The van der Waals surface area contributed by atoms with Crippen LogP contribution in [0.25, 0.3) is 9.88 Å². The number of hydrogen-bond acceptors (Lipinski definition) is 4. The lowest BCUT2D eigenvalue weighted by atomic mass is 10.3. The molecule has 0 fully saturated rings. The summed E-state index contributed by atoms with van der Waals surface area (Å²) in [4.78, 5) is 4.70. The van der Waals surface area contributed by atoms with Gasteiger partial charge < -0.3 is 5.32 Å². The van der Waals surface area contributed by atoms with Crippen LogP contribution in [0.15, 0.2) is 17.5 Å². The predicted octanol–water partition coefficient (Wildman–Crippen LogP) is 3.61. The predicted molar refractivity (Wildman–Crippen MR) is 63.2 cm³/mol. The Labute approximate surface area is 104 Å². The molecule has 7 heteroatoms. The minimum absolute atomic E-state index is 0.178. The fourth-order valence-electron chi connectivity index (χ4n) is 1.36. The van der Waals surface area contributed by atoms with Crippen molar-refractivity contribution >= 4 is 22.7 Å². The molecule has 0 unspecified atom stereocenters. The maximum atomic E-state index is 12.7. The lowest BCUT2D eigenvalue weighted by Gasteiger charge is -2.04. The molecule has 2 nitrogen and oxygen atoms in total. The van der Waals surface area contributed by atoms with Crippen LogP contribution in [-0.2, 0) is 12.7 Å². The van der Waals surface area contributed by atoms with E-state index in [1.54, 1.807) is 19.2 Å². The van der Waals surface area contributed by atoms with Gasteiger partial charge in [0.05, 0.1) is 9.75 Å². The largest absolute Gasteiger partial charge is 0.434 e. The molecule has 0 saturated heterocycles. The fourth-order valence-corrected chi connectivity index (χ4v) is 3.25. The van der Waals surface area contributed by atoms with Gasteiger partial charge >= 0.3 is 6.18 Å². The molecule has 0 aliphatic rings. The Hall–Kier alpha value is -0.920. The van der Waals surface area contributed by atoms with E-state index in [4.69, 9.17) is 0 Å². The maximum Gasteiger partial charge on any atom is 0.434 e. The van der Waals surface area contributed by atoms with Crippen LogP contribution >= 0.6 is 22.7 Å². The Balaban J connectivity index is 2.45. The molecular weight excluding hydrogens is 269 g/mol. The first-order valence-electron chi connectivity index (χ1n) is 4.77. The third-order valence-electron chi connectivity index (χ3n) is 2.04. The molecule has 2 heterocycles. The summed E-state index contributed by atoms with van der Waals surface area (Å²) in [7, 11) is 1.62. The van der Waals surface area contributed by atoms with Gasteiger partial charge in [0.25, 0.3) is 0 Å². The first kappa shape index (κ1) is 12.5. The van der Waals surface area contributed by atoms with E-state index >= 15 is 0 Å². The number of nitrogens with zero attached hydrogens (tertiary/aromatic N) is 1. The summed E-state index contributed by atoms with van der Waals surface area (Å²) in [5.74, 6) is 0. The van der Waals surface area contributed by atoms with Crippen molar-refractivity contribution in [2.45, 2.75) is 12.7 Å². The van der Waals surface area contributed by atoms with Crippen LogP contribution in [0.4, 0.5) is 13.2 Å². The van der Waals surface area contributed by atoms with Gasteiger partial charge in [0.2, 0.25) is 0 Å². The van der Waals surface area contributed by atoms with E-state index in [-0.39, 0.29) is 11.4 Å². The van der Waals surface area contributed by atoms with Crippen LogP contribution in [0.5, 0.6) is 0 Å². The lowest BCUT2D eigenvalue weighted by molar-refractivity contribution is -0.141. The molecule has 0 aromatic carbocycles. The van der Waals surface area contributed by atoms with Gasteiger partial charge in [-0.25, -0.2) is 4.98 Å². The third kappa shape index (κ3) is 2.67. The second-order valence-corrected chi connectivity index (χ2v) is 5.33. The minimum atomic E-state index is -4.39. The SMILES string of the molecule is CNCc1sc(-c2cccs2)nc1C(F)(F)F. The summed E-state index contributed by atoms with van der Waals surface area (Å²) in [6.45, 7) is 0.178. The summed E-state index contributed by atoms with van der Waals surface area (Å²) >= 11 is 2.47. The van der Waals surface area contributed by atoms with E-state index in [9.17, 15) is 13.2 Å². The Morgan fingerprint density at radius 2 is 2.18 bits per heavy atom. The van der Waals surface area contributed by atoms with Gasteiger partial charge in [-0.3, -0.25) is 0 Å². The van der Waals surface area contributed by atoms with Gasteiger partial charge in [-0.1, -0.05) is 6.07 Å². The molecule has 0 bridgehead atoms. The summed E-state index contributed by atoms with van der Waals surface area (Å²) in [5.41, 5.74) is -0.778. The van der Waals surface area contributed by atoms with Crippen molar-refractivity contribution in [3.63, 3.8) is 0 Å². The summed E-state index contributed by atoms with van der Waals surface area (Å²) < 4.78 is 38.2. The fraction of sp³-hybridized carbons (Fsp3) is 0.300. The molecule has 0 atom stereocenters. The highest BCUT2D eigenvalue weighted by Gasteiger charge is 2.37. The smallest absolute Gasteiger partial charge is 0.315 e. The van der Waals surface area contributed by atoms with Crippen LogP contribution in [0.3, 0.4) is 0 Å². The Bertz CT molecular complexity index is 488. The van der Waals surface area contributed by atoms with E-state index in [0.717, 1.165) is 16.2 Å². The molecule has 0 radical (unpaired) electrons. The number of aromatic nitrogens is 1. The number of halogens is 3. The van der Waals surface area contributed by atoms with Gasteiger partial charge in [0.1, 0.15) is 5.01 Å². The van der Waals surface area contributed by atoms with E-state index < -0.39 is 11.9 Å². The highest BCUT2D eigenvalue weighted by molar-refractivity contribution is 7.21. The number of nitrogens with one attached hydrogen (secondary N) is 1. The van der Waals surface area contributed by atoms with Crippen molar-refractivity contribution in [1.29, 1.82) is 0 Å². The van der Waals surface area contributed by atoms with Crippen molar-refractivity contribution in [1.82, 2.24) is 10.3 Å². The van der Waals surface area contributed by atoms with Crippen molar-refractivity contribution in [2.24, 2.45) is 0 Å². The summed E-state index contributed by atoms with van der Waals surface area (Å²) in [6.07, 6.45) is -4.39. The molecule has 2 aromatic heterocycles. The summed E-state index contributed by atoms with van der Waals surface area (Å²) in [6, 6.07) is 3.57. The Morgan fingerprint density at radius 3 is 2.71 bits per heavy atom. The van der Waals surface area contributed by atoms with Gasteiger partial charge in [0, 0.05) is 6.54 Å². The van der Waals surface area contributed by atoms with Gasteiger partial charge in [0.15, 0.2) is 5.69 Å². The zero-order valence-corrected chi connectivity index (χ0v) is 10.5. The van der Waals surface area contributed by atoms with E-state index in [2.05, 4.69) is 10.3 Å². The molecule has 17 heavy (non-hydrogen) atoms. The lowest BCUT2D eigenvalue weighted by Crippen LogP contribution is -2.12. The molecule has 0 aliphatic carbocycles. The van der Waals surface area contributed by atoms with Crippen LogP contribution in [0, 0.1) is 0 Å². The molecule has 0 spiro atoms. The number of rotatable bonds is 3. The van der Waals surface area contributed by atoms with Gasteiger partial charge in [-0.2, -0.15) is 13.2 Å². The molecule has 1 N–H and O–H groups in total. The number of thiophene rings is 1. The zero-order chi connectivity index (χ0) is 12.5. The van der Waals surface area contributed by atoms with Crippen LogP contribution in [0.1, 0.15) is 10.6 Å². The number of hydrogen-bond donors (Lipinski definition) is 1. The van der Waals surface area contributed by atoms with Gasteiger partial charge in [-0.15, -0.1) is 22.7 Å². The molecular formula is C10H9F3N2S2. The molecule has 0 aliphatic heterocycles. The highest BCUT2D eigenvalue weighted by Crippen LogP contribution is 2.38. The highest BCUT2D eigenvalue weighted by atomic mass is 32.1. The monoisotopic (exact) mass is 278 g/mol. The molecule has 2 rings (SSSR count). The van der Waals surface area contributed by atoms with Crippen molar-refractivity contribution in [3.8, 4) is 9.88 Å². The standard InChI is InChI=1S/C10H9F3N2S2/c1-14-5-7-8(10(11,12)13)15-9(17-7)6-3-2-4-16-6/h2-4,14H,5H2,1H3. The Kier molecular flexibility index (Phi) is 3.50. The first-order valence-corrected chi connectivity index (χ1v) is 6.47. The van der Waals surface area contributed by atoms with Crippen molar-refractivity contribution < 1.29 is 13.2 Å². The molecule has 92 valence electrons. The zero-order valence-electron chi connectivity index (χ0n) is 8.84. The topological polar surface area (TPSA) is 24.9 Å². The normalized spacial score (nSPS) is 12.0. The average Bonchev–Trinajstić information content (AvgIpc) is 2.82. The van der Waals surface area contributed by atoms with E-state index in [1.807, 2.05) is 5.38 Å². The second kappa shape index (κ2) is 4.75. The molecule has 0 saturated carbocycles. The first-order chi connectivity index (χ1) is 8.02. The number of thiazole rings is 1. The Morgan fingerprint density at radius 1 is 1.41 bits per heavy atom. The maximum absolute atomic E-state index is 12.7. The second-order valence-electron chi connectivity index (χ2n) is 3.30. The molecule has 2 aromatic rings. The van der Waals surface area contributed by atoms with Gasteiger partial charge in [-0.05, 0) is 18.5 Å². The van der Waals surface area contributed by atoms with Crippen LogP contribution in [-0.4, -0.2) is 12.0 Å². The quantitative estimate of drug-likeness (QED) is 0.927. The summed E-state index contributed by atoms with van der Waals surface area (Å²) in [5, 5.41) is 4.98. The third-order valence-corrected chi connectivity index (χ3v) is 4.13. The van der Waals surface area contributed by atoms with E-state index in [0.29, 0.717) is 5.01 Å². The van der Waals surface area contributed by atoms with Crippen molar-refractivity contribution in [3.05, 3.63) is 28.1 Å².